The van der Waals surface area contributed by atoms with Gasteiger partial charge < -0.3 is 9.40 Å². The minimum atomic E-state index is 0.534. The van der Waals surface area contributed by atoms with E-state index in [1.807, 2.05) is 43.1 Å². The van der Waals surface area contributed by atoms with Crippen molar-refractivity contribution in [1.29, 1.82) is 0 Å². The molecule has 0 N–H and O–H groups in total. The van der Waals surface area contributed by atoms with E-state index in [4.69, 9.17) is 14.8 Å². The van der Waals surface area contributed by atoms with Crippen molar-refractivity contribution in [3.8, 4) is 11.5 Å². The molecular formula is C22H23N5OS. The smallest absolute Gasteiger partial charge is 0.162 e. The van der Waals surface area contributed by atoms with E-state index in [9.17, 15) is 0 Å². The van der Waals surface area contributed by atoms with Crippen molar-refractivity contribution in [2.45, 2.75) is 20.3 Å². The van der Waals surface area contributed by atoms with E-state index in [-0.39, 0.29) is 0 Å². The van der Waals surface area contributed by atoms with Crippen LogP contribution in [0.1, 0.15) is 23.6 Å². The van der Waals surface area contributed by atoms with E-state index in [0.717, 1.165) is 56.7 Å². The lowest BCUT2D eigenvalue weighted by molar-refractivity contribution is 0.199. The van der Waals surface area contributed by atoms with Gasteiger partial charge in [0.15, 0.2) is 17.4 Å². The van der Waals surface area contributed by atoms with Crippen molar-refractivity contribution in [3.05, 3.63) is 53.2 Å². The summed E-state index contributed by atoms with van der Waals surface area (Å²) in [7, 11) is 1.99. The molecule has 3 heterocycles. The number of imidazole rings is 1. The van der Waals surface area contributed by atoms with Gasteiger partial charge in [-0.1, -0.05) is 24.2 Å². The van der Waals surface area contributed by atoms with Gasteiger partial charge in [-0.05, 0) is 54.5 Å². The minimum absolute atomic E-state index is 0.534. The van der Waals surface area contributed by atoms with Gasteiger partial charge in [-0.3, -0.25) is 0 Å². The molecule has 0 saturated heterocycles. The first kappa shape index (κ1) is 19.4. The van der Waals surface area contributed by atoms with Gasteiger partial charge in [0.05, 0.1) is 11.7 Å². The van der Waals surface area contributed by atoms with Crippen LogP contribution >= 0.6 is 11.8 Å². The third-order valence-corrected chi connectivity index (χ3v) is 5.15. The molecular weight excluding hydrogens is 382 g/mol. The van der Waals surface area contributed by atoms with Crippen molar-refractivity contribution in [3.63, 3.8) is 0 Å². The Kier molecular flexibility index (Phi) is 5.49. The summed E-state index contributed by atoms with van der Waals surface area (Å²) >= 11 is 1.58. The second kappa shape index (κ2) is 8.21. The Morgan fingerprint density at radius 2 is 2.03 bits per heavy atom. The number of nitrogens with zero attached hydrogens (tertiary/aromatic N) is 5. The fraction of sp³-hybridized carbons (Fsp3) is 0.273. The molecule has 0 aliphatic rings. The predicted octanol–water partition coefficient (Wildman–Crippen LogP) is 4.73. The molecule has 4 rings (SSSR count). The molecule has 0 spiro atoms. The van der Waals surface area contributed by atoms with Crippen LogP contribution in [0.15, 0.2) is 41.7 Å². The van der Waals surface area contributed by atoms with Crippen molar-refractivity contribution < 1.29 is 4.84 Å². The fourth-order valence-electron chi connectivity index (χ4n) is 3.34. The van der Waals surface area contributed by atoms with Crippen LogP contribution in [0.5, 0.6) is 0 Å². The summed E-state index contributed by atoms with van der Waals surface area (Å²) < 4.78 is 2.02. The molecule has 3 aromatic heterocycles. The molecule has 7 heteroatoms. The molecule has 4 aromatic rings. The van der Waals surface area contributed by atoms with Gasteiger partial charge in [-0.2, -0.15) is 0 Å². The molecule has 29 heavy (non-hydrogen) atoms. The molecule has 0 fully saturated rings. The number of thioether (sulfide) groups is 1. The van der Waals surface area contributed by atoms with Crippen LogP contribution in [0.2, 0.25) is 0 Å². The zero-order valence-electron chi connectivity index (χ0n) is 17.0. The zero-order valence-corrected chi connectivity index (χ0v) is 17.8. The average molecular weight is 406 g/mol. The molecule has 0 atom stereocenters. The highest BCUT2D eigenvalue weighted by atomic mass is 32.2. The Balaban J connectivity index is 1.83. The largest absolute Gasteiger partial charge is 0.385 e. The number of aromatic nitrogens is 4. The van der Waals surface area contributed by atoms with Gasteiger partial charge in [0.2, 0.25) is 0 Å². The molecule has 6 nitrogen and oxygen atoms in total. The number of hydrogen-bond donors (Lipinski definition) is 0. The fourth-order valence-corrected chi connectivity index (χ4v) is 3.51. The number of benzene rings is 1. The Morgan fingerprint density at radius 3 is 2.83 bits per heavy atom. The number of pyridine rings is 2. The third-order valence-electron chi connectivity index (χ3n) is 4.81. The first-order valence-corrected chi connectivity index (χ1v) is 10.9. The summed E-state index contributed by atoms with van der Waals surface area (Å²) in [5.41, 5.74) is 6.76. The van der Waals surface area contributed by atoms with Crippen molar-refractivity contribution in [1.82, 2.24) is 19.5 Å². The number of aryl methyl sites for hydroxylation is 3. The first-order chi connectivity index (χ1) is 14.1. The topological polar surface area (TPSA) is 65.2 Å². The maximum Gasteiger partial charge on any atom is 0.162 e. The van der Waals surface area contributed by atoms with Gasteiger partial charge in [-0.25, -0.2) is 15.0 Å². The maximum atomic E-state index is 5.18. The highest BCUT2D eigenvalue weighted by Crippen LogP contribution is 2.28. The van der Waals surface area contributed by atoms with Gasteiger partial charge in [-0.15, -0.1) is 11.8 Å². The Bertz CT molecular complexity index is 1210. The van der Waals surface area contributed by atoms with E-state index in [1.54, 1.807) is 18.0 Å². The number of fused-ring (bicyclic) bond motifs is 2. The van der Waals surface area contributed by atoms with E-state index >= 15 is 0 Å². The average Bonchev–Trinajstić information content (AvgIpc) is 3.05. The van der Waals surface area contributed by atoms with E-state index < -0.39 is 0 Å². The molecule has 0 aliphatic heterocycles. The number of hydrogen-bond acceptors (Lipinski definition) is 6. The molecule has 0 amide bonds. The SMILES string of the molecule is CCc1cc2ccc(/C=N/OCSC)cc2nc1-c1nc2cc(C)cnc2n1C. The zero-order chi connectivity index (χ0) is 20.4. The van der Waals surface area contributed by atoms with Gasteiger partial charge in [0.25, 0.3) is 0 Å². The number of oxime groups is 1. The Hall–Kier alpha value is -2.93. The molecule has 1 aromatic carbocycles. The lowest BCUT2D eigenvalue weighted by Gasteiger charge is -2.10. The highest BCUT2D eigenvalue weighted by molar-refractivity contribution is 7.98. The van der Waals surface area contributed by atoms with Crippen LogP contribution in [-0.4, -0.2) is 37.9 Å². The molecule has 0 unspecified atom stereocenters. The molecule has 0 radical (unpaired) electrons. The highest BCUT2D eigenvalue weighted by Gasteiger charge is 2.16. The van der Waals surface area contributed by atoms with Crippen molar-refractivity contribution in [2.24, 2.45) is 12.2 Å². The maximum absolute atomic E-state index is 5.18. The molecule has 0 aliphatic carbocycles. The van der Waals surface area contributed by atoms with Gasteiger partial charge >= 0.3 is 0 Å². The standard InChI is InChI=1S/C22H23N5OS/c1-5-16-10-17-7-6-15(12-24-28-13-29-4)9-18(17)25-20(16)22-26-19-8-14(2)11-23-21(19)27(22)3/h6-12H,5,13H2,1-4H3/b24-12+. The van der Waals surface area contributed by atoms with E-state index in [0.29, 0.717) is 5.94 Å². The van der Waals surface area contributed by atoms with Crippen LogP contribution in [-0.2, 0) is 18.3 Å². The van der Waals surface area contributed by atoms with Crippen LogP contribution in [0.25, 0.3) is 33.6 Å². The minimum Gasteiger partial charge on any atom is -0.385 e. The van der Waals surface area contributed by atoms with E-state index in [2.05, 4.69) is 35.3 Å². The summed E-state index contributed by atoms with van der Waals surface area (Å²) in [4.78, 5) is 19.5. The lowest BCUT2D eigenvalue weighted by Crippen LogP contribution is -2.00. The summed E-state index contributed by atoms with van der Waals surface area (Å²) in [6.07, 6.45) is 6.43. The normalized spacial score (nSPS) is 11.7. The summed E-state index contributed by atoms with van der Waals surface area (Å²) in [5.74, 6) is 1.37. The van der Waals surface area contributed by atoms with Crippen LogP contribution in [0.4, 0.5) is 0 Å². The predicted molar refractivity (Wildman–Crippen MR) is 120 cm³/mol. The van der Waals surface area contributed by atoms with Gasteiger partial charge in [0.1, 0.15) is 11.2 Å². The van der Waals surface area contributed by atoms with Crippen LogP contribution in [0.3, 0.4) is 0 Å². The monoisotopic (exact) mass is 405 g/mol. The summed E-state index contributed by atoms with van der Waals surface area (Å²) in [6.45, 7) is 4.17. The second-order valence-corrected chi connectivity index (χ2v) is 7.73. The summed E-state index contributed by atoms with van der Waals surface area (Å²) in [6, 6.07) is 10.4. The second-order valence-electron chi connectivity index (χ2n) is 6.92. The lowest BCUT2D eigenvalue weighted by atomic mass is 10.0. The van der Waals surface area contributed by atoms with Crippen molar-refractivity contribution >= 4 is 40.0 Å². The van der Waals surface area contributed by atoms with Crippen LogP contribution in [0, 0.1) is 6.92 Å². The molecule has 0 bridgehead atoms. The van der Waals surface area contributed by atoms with Gasteiger partial charge in [0, 0.05) is 18.6 Å². The molecule has 148 valence electrons. The van der Waals surface area contributed by atoms with Crippen LogP contribution < -0.4 is 0 Å². The quantitative estimate of drug-likeness (QED) is 0.201. The van der Waals surface area contributed by atoms with Crippen molar-refractivity contribution in [2.75, 3.05) is 12.2 Å². The third kappa shape index (κ3) is 3.82. The first-order valence-electron chi connectivity index (χ1n) is 9.48. The Labute approximate surface area is 174 Å². The summed E-state index contributed by atoms with van der Waals surface area (Å²) in [5, 5.41) is 5.10. The number of rotatable bonds is 6. The molecule has 0 saturated carbocycles. The Morgan fingerprint density at radius 1 is 1.17 bits per heavy atom. The van der Waals surface area contributed by atoms with E-state index in [1.165, 1.54) is 0 Å².